The maximum Gasteiger partial charge on any atom is 0.264 e. The molecule has 2 N–H and O–H groups in total. The lowest BCUT2D eigenvalue weighted by Gasteiger charge is -2.42. The third-order valence-electron chi connectivity index (χ3n) is 8.59. The predicted octanol–water partition coefficient (Wildman–Crippen LogP) is 5.14. The summed E-state index contributed by atoms with van der Waals surface area (Å²) in [6.45, 7) is 1.74. The first kappa shape index (κ1) is 29.4. The van der Waals surface area contributed by atoms with Gasteiger partial charge in [-0.3, -0.25) is 4.79 Å². The van der Waals surface area contributed by atoms with Crippen LogP contribution in [0.4, 0.5) is 5.69 Å². The van der Waals surface area contributed by atoms with Crippen molar-refractivity contribution in [2.24, 2.45) is 11.8 Å². The molecule has 5 rings (SSSR count). The van der Waals surface area contributed by atoms with Crippen LogP contribution in [-0.2, 0) is 23.1 Å². The molecule has 0 aromatic heterocycles. The van der Waals surface area contributed by atoms with Gasteiger partial charge in [-0.2, -0.15) is 5.26 Å². The number of nitrogens with one attached hydrogen (secondary N) is 1. The van der Waals surface area contributed by atoms with Crippen LogP contribution < -0.4 is 14.4 Å². The molecule has 2 bridgehead atoms. The standard InChI is InChI=1S/C31H36ClN3O5S/c32-25-11-8-24-20-40-30-13-10-22-18-28(30)35(16-4-3-5-21(24)17-25)19-23-9-12-27(23)29(36)7-2-1-6-26(14-15-33)41(38,39)34-31(22)37/h2,7-8,10-11,13,17-18,23,26-27,29,36H,1,3-6,9,12,14,16,19-20H2,(H,34,37)/b7-2+/t23-,26-,27+,29-/m0/s1. The maximum atomic E-state index is 13.3. The van der Waals surface area contributed by atoms with Crippen LogP contribution in [-0.4, -0.2) is 43.9 Å². The van der Waals surface area contributed by atoms with Crippen molar-refractivity contribution in [1.82, 2.24) is 4.72 Å². The van der Waals surface area contributed by atoms with Gasteiger partial charge in [-0.05, 0) is 98.2 Å². The number of aliphatic hydroxyl groups excluding tert-OH is 1. The van der Waals surface area contributed by atoms with E-state index < -0.39 is 27.3 Å². The molecule has 1 fully saturated rings. The minimum Gasteiger partial charge on any atom is -0.487 e. The van der Waals surface area contributed by atoms with Gasteiger partial charge in [0, 0.05) is 23.7 Å². The topological polar surface area (TPSA) is 120 Å². The van der Waals surface area contributed by atoms with Crippen LogP contribution in [0.2, 0.25) is 5.02 Å². The van der Waals surface area contributed by atoms with Gasteiger partial charge in [-0.15, -0.1) is 0 Å². The molecule has 4 atom stereocenters. The zero-order chi connectivity index (χ0) is 29.0. The number of nitrogens with zero attached hydrogens (tertiary/aromatic N) is 2. The third-order valence-corrected chi connectivity index (χ3v) is 10.6. The number of benzene rings is 2. The van der Waals surface area contributed by atoms with Crippen LogP contribution in [0.1, 0.15) is 66.4 Å². The first-order chi connectivity index (χ1) is 19.7. The first-order valence-electron chi connectivity index (χ1n) is 14.3. The molecule has 10 heteroatoms. The number of hydrogen-bond donors (Lipinski definition) is 2. The van der Waals surface area contributed by atoms with Crippen molar-refractivity contribution in [2.75, 3.05) is 18.0 Å². The minimum atomic E-state index is -4.11. The Kier molecular flexibility index (Phi) is 9.22. The van der Waals surface area contributed by atoms with Crippen molar-refractivity contribution in [3.8, 4) is 11.8 Å². The molecule has 2 aromatic carbocycles. The summed E-state index contributed by atoms with van der Waals surface area (Å²) in [5.74, 6) is 0.232. The lowest BCUT2D eigenvalue weighted by molar-refractivity contribution is 0.0461. The van der Waals surface area contributed by atoms with E-state index in [1.165, 1.54) is 0 Å². The summed E-state index contributed by atoms with van der Waals surface area (Å²) in [6.07, 6.45) is 7.85. The Labute approximate surface area is 247 Å². The molecule has 2 heterocycles. The molecule has 0 spiro atoms. The Bertz CT molecular complexity index is 1450. The zero-order valence-corrected chi connectivity index (χ0v) is 24.5. The van der Waals surface area contributed by atoms with Gasteiger partial charge in [0.05, 0.1) is 29.5 Å². The Hall–Kier alpha value is -3.06. The molecule has 8 nitrogen and oxygen atoms in total. The minimum absolute atomic E-state index is 0.0956. The lowest BCUT2D eigenvalue weighted by atomic mass is 9.70. The number of amides is 1. The van der Waals surface area contributed by atoms with E-state index in [4.69, 9.17) is 16.3 Å². The molecule has 1 saturated carbocycles. The number of nitriles is 1. The molecular formula is C31H36ClN3O5S. The fraction of sp³-hybridized carbons (Fsp3) is 0.484. The number of aryl methyl sites for hydroxylation is 1. The van der Waals surface area contributed by atoms with E-state index in [2.05, 4.69) is 9.62 Å². The summed E-state index contributed by atoms with van der Waals surface area (Å²) < 4.78 is 34.8. The zero-order valence-electron chi connectivity index (χ0n) is 23.0. The van der Waals surface area contributed by atoms with Gasteiger partial charge in [0.1, 0.15) is 12.4 Å². The number of sulfonamides is 1. The molecule has 1 amide bonds. The average molecular weight is 598 g/mol. The summed E-state index contributed by atoms with van der Waals surface area (Å²) in [7, 11) is -4.11. The van der Waals surface area contributed by atoms with Crippen LogP contribution in [0.15, 0.2) is 48.6 Å². The molecular weight excluding hydrogens is 562 g/mol. The quantitative estimate of drug-likeness (QED) is 0.437. The number of rotatable bonds is 1. The summed E-state index contributed by atoms with van der Waals surface area (Å²) in [4.78, 5) is 15.5. The van der Waals surface area contributed by atoms with Crippen molar-refractivity contribution in [3.05, 3.63) is 70.3 Å². The predicted molar refractivity (Wildman–Crippen MR) is 158 cm³/mol. The summed E-state index contributed by atoms with van der Waals surface area (Å²) in [5, 5.41) is 19.9. The molecule has 218 valence electrons. The van der Waals surface area contributed by atoms with Crippen molar-refractivity contribution < 1.29 is 23.1 Å². The van der Waals surface area contributed by atoms with Crippen molar-refractivity contribution in [2.45, 2.75) is 69.3 Å². The van der Waals surface area contributed by atoms with Gasteiger partial charge in [0.25, 0.3) is 5.91 Å². The molecule has 2 aliphatic heterocycles. The largest absolute Gasteiger partial charge is 0.487 e. The number of allylic oxidation sites excluding steroid dienone is 1. The smallest absolute Gasteiger partial charge is 0.264 e. The molecule has 2 aromatic rings. The van der Waals surface area contributed by atoms with E-state index in [1.807, 2.05) is 24.3 Å². The molecule has 0 saturated heterocycles. The molecule has 0 unspecified atom stereocenters. The van der Waals surface area contributed by atoms with E-state index >= 15 is 0 Å². The van der Waals surface area contributed by atoms with Gasteiger partial charge in [0.2, 0.25) is 10.0 Å². The Morgan fingerprint density at radius 2 is 1.98 bits per heavy atom. The van der Waals surface area contributed by atoms with E-state index in [-0.39, 0.29) is 30.2 Å². The number of halogens is 1. The number of carbonyl (C=O) groups is 1. The van der Waals surface area contributed by atoms with Crippen LogP contribution in [0.5, 0.6) is 5.75 Å². The maximum absolute atomic E-state index is 13.3. The van der Waals surface area contributed by atoms with E-state index in [9.17, 15) is 23.6 Å². The highest BCUT2D eigenvalue weighted by Crippen LogP contribution is 2.41. The van der Waals surface area contributed by atoms with E-state index in [0.717, 1.165) is 55.5 Å². The van der Waals surface area contributed by atoms with Gasteiger partial charge < -0.3 is 14.7 Å². The van der Waals surface area contributed by atoms with Gasteiger partial charge >= 0.3 is 0 Å². The monoisotopic (exact) mass is 597 g/mol. The van der Waals surface area contributed by atoms with E-state index in [1.54, 1.807) is 30.4 Å². The lowest BCUT2D eigenvalue weighted by Crippen LogP contribution is -2.43. The number of aliphatic hydroxyl groups is 1. The fourth-order valence-electron chi connectivity index (χ4n) is 6.03. The highest BCUT2D eigenvalue weighted by molar-refractivity contribution is 7.90. The van der Waals surface area contributed by atoms with Gasteiger partial charge in [-0.25, -0.2) is 13.1 Å². The van der Waals surface area contributed by atoms with Crippen LogP contribution in [0.25, 0.3) is 0 Å². The molecule has 3 aliphatic rings. The second-order valence-corrected chi connectivity index (χ2v) is 13.6. The van der Waals surface area contributed by atoms with Crippen molar-refractivity contribution in [1.29, 1.82) is 5.26 Å². The number of ether oxygens (including phenoxy) is 1. The summed E-state index contributed by atoms with van der Waals surface area (Å²) in [6, 6.07) is 12.8. The molecule has 41 heavy (non-hydrogen) atoms. The number of hydrogen-bond acceptors (Lipinski definition) is 7. The molecule has 1 aliphatic carbocycles. The number of carbonyl (C=O) groups excluding carboxylic acids is 1. The summed E-state index contributed by atoms with van der Waals surface area (Å²) >= 11 is 6.28. The Morgan fingerprint density at radius 1 is 1.12 bits per heavy atom. The van der Waals surface area contributed by atoms with E-state index in [0.29, 0.717) is 30.3 Å². The highest BCUT2D eigenvalue weighted by atomic mass is 35.5. The van der Waals surface area contributed by atoms with Crippen molar-refractivity contribution in [3.63, 3.8) is 0 Å². The van der Waals surface area contributed by atoms with Crippen LogP contribution >= 0.6 is 11.6 Å². The third kappa shape index (κ3) is 6.88. The molecule has 0 radical (unpaired) electrons. The highest BCUT2D eigenvalue weighted by Gasteiger charge is 2.37. The van der Waals surface area contributed by atoms with Crippen LogP contribution in [0.3, 0.4) is 0 Å². The second-order valence-electron chi connectivity index (χ2n) is 11.2. The fourth-order valence-corrected chi connectivity index (χ4v) is 7.51. The van der Waals surface area contributed by atoms with Gasteiger partial charge in [0.15, 0.2) is 0 Å². The SMILES string of the molecule is N#CC[C@@H]1CC/C=C/[C@H](O)[C@@H]2CC[C@H]2CN2CCCCc3cc(Cl)ccc3COc3ccc(cc32)C(=O)NS1(=O)=O. The number of anilines is 1. The van der Waals surface area contributed by atoms with Crippen LogP contribution in [0, 0.1) is 23.2 Å². The summed E-state index contributed by atoms with van der Waals surface area (Å²) in [5.41, 5.74) is 3.13. The second kappa shape index (κ2) is 12.8. The average Bonchev–Trinajstić information content (AvgIpc) is 2.95. The Balaban J connectivity index is 1.53. The first-order valence-corrected chi connectivity index (χ1v) is 16.2. The van der Waals surface area contributed by atoms with Gasteiger partial charge in [-0.1, -0.05) is 29.8 Å². The van der Waals surface area contributed by atoms with Crippen molar-refractivity contribution >= 4 is 33.2 Å². The normalized spacial score (nSPS) is 27.3. The number of fused-ring (bicyclic) bond motifs is 3. The Morgan fingerprint density at radius 3 is 2.76 bits per heavy atom.